The molecule has 1 aromatic rings. The van der Waals surface area contributed by atoms with E-state index in [4.69, 9.17) is 0 Å². The standard InChI is InChI=1S/C16H29N3/c1-3-4-12-19-13-11-18-16(19)17-10-9-15-7-5-14(2)6-8-15/h11,13-15H,3-10,12H2,1-2H3,(H,17,18). The molecule has 0 amide bonds. The van der Waals surface area contributed by atoms with E-state index in [0.29, 0.717) is 0 Å². The van der Waals surface area contributed by atoms with Crippen molar-refractivity contribution < 1.29 is 0 Å². The van der Waals surface area contributed by atoms with Crippen molar-refractivity contribution in [3.63, 3.8) is 0 Å². The Bertz CT molecular complexity index is 351. The quantitative estimate of drug-likeness (QED) is 0.794. The second kappa shape index (κ2) is 7.56. The van der Waals surface area contributed by atoms with Crippen LogP contribution in [0.25, 0.3) is 0 Å². The minimum atomic E-state index is 0.933. The summed E-state index contributed by atoms with van der Waals surface area (Å²) in [6.45, 7) is 6.77. The van der Waals surface area contributed by atoms with E-state index in [9.17, 15) is 0 Å². The molecule has 19 heavy (non-hydrogen) atoms. The molecular formula is C16H29N3. The van der Waals surface area contributed by atoms with Gasteiger partial charge in [-0.15, -0.1) is 0 Å². The number of nitrogens with zero attached hydrogens (tertiary/aromatic N) is 2. The molecule has 1 aliphatic rings. The highest BCUT2D eigenvalue weighted by atomic mass is 15.2. The molecule has 0 atom stereocenters. The number of imidazole rings is 1. The minimum Gasteiger partial charge on any atom is -0.356 e. The predicted molar refractivity (Wildman–Crippen MR) is 81.4 cm³/mol. The van der Waals surface area contributed by atoms with Crippen LogP contribution in [0.15, 0.2) is 12.4 Å². The highest BCUT2D eigenvalue weighted by Gasteiger charge is 2.17. The van der Waals surface area contributed by atoms with Crippen LogP contribution in [-0.2, 0) is 6.54 Å². The summed E-state index contributed by atoms with van der Waals surface area (Å²) >= 11 is 0. The van der Waals surface area contributed by atoms with Crippen LogP contribution in [0, 0.1) is 11.8 Å². The maximum atomic E-state index is 4.42. The Morgan fingerprint density at radius 2 is 2.11 bits per heavy atom. The highest BCUT2D eigenvalue weighted by Crippen LogP contribution is 2.30. The van der Waals surface area contributed by atoms with Gasteiger partial charge in [-0.2, -0.15) is 0 Å². The average Bonchev–Trinajstić information content (AvgIpc) is 2.86. The monoisotopic (exact) mass is 263 g/mol. The number of anilines is 1. The maximum absolute atomic E-state index is 4.42. The Morgan fingerprint density at radius 3 is 2.84 bits per heavy atom. The van der Waals surface area contributed by atoms with Crippen LogP contribution in [-0.4, -0.2) is 16.1 Å². The van der Waals surface area contributed by atoms with Gasteiger partial charge in [-0.05, 0) is 24.7 Å². The first kappa shape index (κ1) is 14.4. The third kappa shape index (κ3) is 4.55. The van der Waals surface area contributed by atoms with E-state index < -0.39 is 0 Å². The fourth-order valence-electron chi connectivity index (χ4n) is 2.99. The Kier molecular flexibility index (Phi) is 5.74. The second-order valence-electron chi connectivity index (χ2n) is 6.14. The van der Waals surface area contributed by atoms with Crippen molar-refractivity contribution in [2.75, 3.05) is 11.9 Å². The summed E-state index contributed by atoms with van der Waals surface area (Å²) in [6, 6.07) is 0. The lowest BCUT2D eigenvalue weighted by Gasteiger charge is -2.26. The van der Waals surface area contributed by atoms with Crippen molar-refractivity contribution in [2.24, 2.45) is 11.8 Å². The topological polar surface area (TPSA) is 29.9 Å². The van der Waals surface area contributed by atoms with Gasteiger partial charge in [0.15, 0.2) is 0 Å². The Hall–Kier alpha value is -0.990. The molecule has 0 aliphatic heterocycles. The van der Waals surface area contributed by atoms with Gasteiger partial charge in [0, 0.05) is 25.5 Å². The summed E-state index contributed by atoms with van der Waals surface area (Å²) in [5, 5.41) is 3.51. The van der Waals surface area contributed by atoms with Gasteiger partial charge in [-0.3, -0.25) is 0 Å². The molecule has 0 saturated heterocycles. The van der Waals surface area contributed by atoms with Crippen LogP contribution in [0.4, 0.5) is 5.95 Å². The lowest BCUT2D eigenvalue weighted by atomic mass is 9.81. The second-order valence-corrected chi connectivity index (χ2v) is 6.14. The van der Waals surface area contributed by atoms with E-state index >= 15 is 0 Å². The molecule has 0 unspecified atom stereocenters. The van der Waals surface area contributed by atoms with Crippen LogP contribution in [0.5, 0.6) is 0 Å². The van der Waals surface area contributed by atoms with Crippen molar-refractivity contribution >= 4 is 5.95 Å². The smallest absolute Gasteiger partial charge is 0.202 e. The molecule has 1 saturated carbocycles. The highest BCUT2D eigenvalue weighted by molar-refractivity contribution is 5.25. The number of hydrogen-bond donors (Lipinski definition) is 1. The first-order valence-corrected chi connectivity index (χ1v) is 8.04. The first-order chi connectivity index (χ1) is 9.29. The third-order valence-electron chi connectivity index (χ3n) is 4.44. The Labute approximate surface area is 117 Å². The van der Waals surface area contributed by atoms with E-state index in [-0.39, 0.29) is 0 Å². The summed E-state index contributed by atoms with van der Waals surface area (Å²) in [5.41, 5.74) is 0. The molecule has 0 spiro atoms. The molecule has 0 radical (unpaired) electrons. The van der Waals surface area contributed by atoms with E-state index in [0.717, 1.165) is 30.9 Å². The summed E-state index contributed by atoms with van der Waals surface area (Å²) in [6.07, 6.45) is 13.4. The Balaban J connectivity index is 1.69. The van der Waals surface area contributed by atoms with E-state index in [1.54, 1.807) is 0 Å². The number of nitrogens with one attached hydrogen (secondary N) is 1. The molecule has 0 aromatic carbocycles. The minimum absolute atomic E-state index is 0.933. The third-order valence-corrected chi connectivity index (χ3v) is 4.44. The molecule has 3 nitrogen and oxygen atoms in total. The maximum Gasteiger partial charge on any atom is 0.202 e. The summed E-state index contributed by atoms with van der Waals surface area (Å²) in [4.78, 5) is 4.42. The van der Waals surface area contributed by atoms with Crippen LogP contribution in [0.3, 0.4) is 0 Å². The van der Waals surface area contributed by atoms with Crippen LogP contribution >= 0.6 is 0 Å². The van der Waals surface area contributed by atoms with Crippen molar-refractivity contribution in [3.05, 3.63) is 12.4 Å². The number of unbranched alkanes of at least 4 members (excludes halogenated alkanes) is 1. The summed E-state index contributed by atoms with van der Waals surface area (Å²) in [7, 11) is 0. The molecule has 2 rings (SSSR count). The molecule has 1 aliphatic carbocycles. The van der Waals surface area contributed by atoms with Crippen LogP contribution in [0.2, 0.25) is 0 Å². The van der Waals surface area contributed by atoms with Gasteiger partial charge >= 0.3 is 0 Å². The van der Waals surface area contributed by atoms with Crippen molar-refractivity contribution in [2.45, 2.75) is 65.3 Å². The summed E-state index contributed by atoms with van der Waals surface area (Å²) in [5.74, 6) is 2.94. The van der Waals surface area contributed by atoms with E-state index in [1.165, 1.54) is 44.9 Å². The van der Waals surface area contributed by atoms with Gasteiger partial charge in [0.05, 0.1) is 0 Å². The number of rotatable bonds is 7. The van der Waals surface area contributed by atoms with Gasteiger partial charge in [0.2, 0.25) is 5.95 Å². The SMILES string of the molecule is CCCCn1ccnc1NCCC1CCC(C)CC1. The molecule has 1 heterocycles. The number of hydrogen-bond acceptors (Lipinski definition) is 2. The zero-order valence-corrected chi connectivity index (χ0v) is 12.6. The predicted octanol–water partition coefficient (Wildman–Crippen LogP) is 4.31. The van der Waals surface area contributed by atoms with Gasteiger partial charge in [-0.1, -0.05) is 46.0 Å². The van der Waals surface area contributed by atoms with Crippen molar-refractivity contribution in [1.82, 2.24) is 9.55 Å². The zero-order valence-electron chi connectivity index (χ0n) is 12.6. The molecular weight excluding hydrogens is 234 g/mol. The molecule has 0 bridgehead atoms. The lowest BCUT2D eigenvalue weighted by molar-refractivity contribution is 0.281. The number of aryl methyl sites for hydroxylation is 1. The Morgan fingerprint density at radius 1 is 1.32 bits per heavy atom. The normalized spacial score (nSPS) is 23.5. The molecule has 1 aromatic heterocycles. The number of aromatic nitrogens is 2. The molecule has 1 fully saturated rings. The molecule has 1 N–H and O–H groups in total. The van der Waals surface area contributed by atoms with E-state index in [2.05, 4.69) is 34.9 Å². The fraction of sp³-hybridized carbons (Fsp3) is 0.812. The van der Waals surface area contributed by atoms with Gasteiger partial charge < -0.3 is 9.88 Å². The van der Waals surface area contributed by atoms with Crippen LogP contribution in [0.1, 0.15) is 58.8 Å². The van der Waals surface area contributed by atoms with Crippen LogP contribution < -0.4 is 5.32 Å². The van der Waals surface area contributed by atoms with Gasteiger partial charge in [-0.25, -0.2) is 4.98 Å². The first-order valence-electron chi connectivity index (χ1n) is 8.04. The average molecular weight is 263 g/mol. The fourth-order valence-corrected chi connectivity index (χ4v) is 2.99. The molecule has 108 valence electrons. The van der Waals surface area contributed by atoms with Crippen molar-refractivity contribution in [1.29, 1.82) is 0 Å². The van der Waals surface area contributed by atoms with E-state index in [1.807, 2.05) is 6.20 Å². The molecule has 3 heteroatoms. The zero-order chi connectivity index (χ0) is 13.5. The van der Waals surface area contributed by atoms with Gasteiger partial charge in [0.25, 0.3) is 0 Å². The largest absolute Gasteiger partial charge is 0.356 e. The summed E-state index contributed by atoms with van der Waals surface area (Å²) < 4.78 is 2.24. The van der Waals surface area contributed by atoms with Crippen molar-refractivity contribution in [3.8, 4) is 0 Å². The lowest BCUT2D eigenvalue weighted by Crippen LogP contribution is -2.17. The van der Waals surface area contributed by atoms with Gasteiger partial charge in [0.1, 0.15) is 0 Å².